The van der Waals surface area contributed by atoms with E-state index in [0.717, 1.165) is 25.8 Å². The second-order valence-electron chi connectivity index (χ2n) is 5.20. The minimum absolute atomic E-state index is 0.131. The molecule has 0 aromatic heterocycles. The predicted octanol–water partition coefficient (Wildman–Crippen LogP) is 1.98. The van der Waals surface area contributed by atoms with Gasteiger partial charge in [-0.3, -0.25) is 4.79 Å². The van der Waals surface area contributed by atoms with Crippen LogP contribution in [0.1, 0.15) is 38.5 Å². The lowest BCUT2D eigenvalue weighted by Gasteiger charge is -2.34. The Bertz CT molecular complexity index is 300. The third-order valence-electron chi connectivity index (χ3n) is 3.89. The zero-order valence-electron chi connectivity index (χ0n) is 10.2. The van der Waals surface area contributed by atoms with Crippen molar-refractivity contribution < 1.29 is 18.0 Å². The summed E-state index contributed by atoms with van der Waals surface area (Å²) < 4.78 is 38.6. The molecule has 1 aliphatic carbocycles. The number of carbonyl (C=O) groups is 1. The zero-order chi connectivity index (χ0) is 13.2. The average Bonchev–Trinajstić information content (AvgIpc) is 2.81. The third kappa shape index (κ3) is 3.16. The van der Waals surface area contributed by atoms with E-state index in [1.54, 1.807) is 0 Å². The molecule has 0 spiro atoms. The Morgan fingerprint density at radius 1 is 1.11 bits per heavy atom. The molecule has 0 aromatic rings. The van der Waals surface area contributed by atoms with Gasteiger partial charge in [-0.25, -0.2) is 0 Å². The lowest BCUT2D eigenvalue weighted by molar-refractivity contribution is -0.189. The van der Waals surface area contributed by atoms with Gasteiger partial charge in [0.1, 0.15) is 0 Å². The lowest BCUT2D eigenvalue weighted by atomic mass is 9.84. The molecule has 2 rings (SSSR count). The number of hydrogen-bond donors (Lipinski definition) is 2. The van der Waals surface area contributed by atoms with Crippen LogP contribution >= 0.6 is 0 Å². The molecular formula is C12H19F3N2O. The van der Waals surface area contributed by atoms with Crippen molar-refractivity contribution in [3.8, 4) is 0 Å². The Morgan fingerprint density at radius 2 is 1.83 bits per heavy atom. The summed E-state index contributed by atoms with van der Waals surface area (Å²) in [5.74, 6) is -1.65. The quantitative estimate of drug-likeness (QED) is 0.800. The summed E-state index contributed by atoms with van der Waals surface area (Å²) in [6.07, 6.45) is -0.662. The molecule has 3 atom stereocenters. The molecule has 2 aliphatic rings. The second kappa shape index (κ2) is 5.47. The van der Waals surface area contributed by atoms with E-state index in [4.69, 9.17) is 0 Å². The van der Waals surface area contributed by atoms with Crippen LogP contribution in [0.25, 0.3) is 0 Å². The van der Waals surface area contributed by atoms with Crippen LogP contribution in [0.15, 0.2) is 0 Å². The van der Waals surface area contributed by atoms with Gasteiger partial charge in [0.05, 0.1) is 12.0 Å². The maximum absolute atomic E-state index is 12.9. The average molecular weight is 264 g/mol. The zero-order valence-corrected chi connectivity index (χ0v) is 10.2. The highest BCUT2D eigenvalue weighted by molar-refractivity contribution is 5.82. The summed E-state index contributed by atoms with van der Waals surface area (Å²) in [7, 11) is 0. The van der Waals surface area contributed by atoms with Gasteiger partial charge in [-0.1, -0.05) is 12.8 Å². The number of alkyl halides is 3. The van der Waals surface area contributed by atoms with Crippen LogP contribution in [-0.2, 0) is 4.79 Å². The van der Waals surface area contributed by atoms with Gasteiger partial charge in [0.15, 0.2) is 0 Å². The highest BCUT2D eigenvalue weighted by atomic mass is 19.4. The normalized spacial score (nSPS) is 33.4. The standard InChI is InChI=1S/C12H19F3N2O/c13-12(14,15)8-4-1-2-5-9(8)17-11(18)10-6-3-7-16-10/h8-10,16H,1-7H2,(H,17,18)/t8?,9?,10-/m1/s1. The summed E-state index contributed by atoms with van der Waals surface area (Å²) in [4.78, 5) is 11.8. The van der Waals surface area contributed by atoms with E-state index in [9.17, 15) is 18.0 Å². The molecule has 0 aromatic carbocycles. The van der Waals surface area contributed by atoms with Gasteiger partial charge in [-0.2, -0.15) is 13.2 Å². The van der Waals surface area contributed by atoms with Crippen molar-refractivity contribution in [3.63, 3.8) is 0 Å². The Kier molecular flexibility index (Phi) is 4.14. The molecule has 3 nitrogen and oxygen atoms in total. The smallest absolute Gasteiger partial charge is 0.351 e. The van der Waals surface area contributed by atoms with E-state index in [1.165, 1.54) is 0 Å². The van der Waals surface area contributed by atoms with Crippen molar-refractivity contribution in [2.45, 2.75) is 56.8 Å². The van der Waals surface area contributed by atoms with E-state index in [0.29, 0.717) is 12.8 Å². The van der Waals surface area contributed by atoms with Crippen molar-refractivity contribution in [1.29, 1.82) is 0 Å². The van der Waals surface area contributed by atoms with E-state index < -0.39 is 18.1 Å². The van der Waals surface area contributed by atoms with Gasteiger partial charge in [-0.15, -0.1) is 0 Å². The second-order valence-corrected chi connectivity index (χ2v) is 5.20. The first kappa shape index (κ1) is 13.6. The topological polar surface area (TPSA) is 41.1 Å². The first-order chi connectivity index (χ1) is 8.48. The minimum Gasteiger partial charge on any atom is -0.351 e. The molecular weight excluding hydrogens is 245 g/mol. The lowest BCUT2D eigenvalue weighted by Crippen LogP contribution is -2.51. The van der Waals surface area contributed by atoms with Crippen LogP contribution in [-0.4, -0.2) is 30.7 Å². The van der Waals surface area contributed by atoms with Crippen molar-refractivity contribution in [1.82, 2.24) is 10.6 Å². The molecule has 2 unspecified atom stereocenters. The molecule has 6 heteroatoms. The first-order valence-corrected chi connectivity index (χ1v) is 6.59. The van der Waals surface area contributed by atoms with E-state index in [2.05, 4.69) is 10.6 Å². The van der Waals surface area contributed by atoms with Crippen LogP contribution in [0.4, 0.5) is 13.2 Å². The Morgan fingerprint density at radius 3 is 2.44 bits per heavy atom. The number of halogens is 3. The summed E-state index contributed by atoms with van der Waals surface area (Å²) in [5, 5.41) is 5.60. The molecule has 1 saturated carbocycles. The Balaban J connectivity index is 1.94. The molecule has 0 bridgehead atoms. The number of carbonyl (C=O) groups excluding carboxylic acids is 1. The van der Waals surface area contributed by atoms with Crippen LogP contribution in [0.5, 0.6) is 0 Å². The van der Waals surface area contributed by atoms with Gasteiger partial charge >= 0.3 is 6.18 Å². The minimum atomic E-state index is -4.21. The van der Waals surface area contributed by atoms with Gasteiger partial charge in [-0.05, 0) is 32.2 Å². The van der Waals surface area contributed by atoms with Crippen molar-refractivity contribution >= 4 is 5.91 Å². The van der Waals surface area contributed by atoms with E-state index in [-0.39, 0.29) is 18.4 Å². The molecule has 1 aliphatic heterocycles. The number of hydrogen-bond acceptors (Lipinski definition) is 2. The highest BCUT2D eigenvalue weighted by Crippen LogP contribution is 2.37. The van der Waals surface area contributed by atoms with Crippen LogP contribution < -0.4 is 10.6 Å². The van der Waals surface area contributed by atoms with Crippen molar-refractivity contribution in [2.24, 2.45) is 5.92 Å². The summed E-state index contributed by atoms with van der Waals surface area (Å²) in [6.45, 7) is 0.769. The summed E-state index contributed by atoms with van der Waals surface area (Å²) in [6, 6.07) is -1.05. The molecule has 104 valence electrons. The predicted molar refractivity (Wildman–Crippen MR) is 61.0 cm³/mol. The molecule has 1 heterocycles. The highest BCUT2D eigenvalue weighted by Gasteiger charge is 2.46. The largest absolute Gasteiger partial charge is 0.393 e. The Hall–Kier alpha value is -0.780. The maximum Gasteiger partial charge on any atom is 0.393 e. The molecule has 1 amide bonds. The third-order valence-corrected chi connectivity index (χ3v) is 3.89. The number of rotatable bonds is 2. The fourth-order valence-corrected chi connectivity index (χ4v) is 2.89. The molecule has 1 saturated heterocycles. The van der Waals surface area contributed by atoms with Crippen molar-refractivity contribution in [2.75, 3.05) is 6.54 Å². The number of amides is 1. The Labute approximate surface area is 104 Å². The SMILES string of the molecule is O=C(NC1CCCCC1C(F)(F)F)[C@H]1CCCN1. The van der Waals surface area contributed by atoms with Gasteiger partial charge in [0.25, 0.3) is 0 Å². The summed E-state index contributed by atoms with van der Waals surface area (Å²) >= 11 is 0. The summed E-state index contributed by atoms with van der Waals surface area (Å²) in [5.41, 5.74) is 0. The van der Waals surface area contributed by atoms with Gasteiger partial charge in [0, 0.05) is 6.04 Å². The van der Waals surface area contributed by atoms with Crippen molar-refractivity contribution in [3.05, 3.63) is 0 Å². The monoisotopic (exact) mass is 264 g/mol. The molecule has 18 heavy (non-hydrogen) atoms. The molecule has 2 N–H and O–H groups in total. The molecule has 0 radical (unpaired) electrons. The van der Waals surface area contributed by atoms with E-state index in [1.807, 2.05) is 0 Å². The van der Waals surface area contributed by atoms with E-state index >= 15 is 0 Å². The van der Waals surface area contributed by atoms with Crippen LogP contribution in [0.3, 0.4) is 0 Å². The van der Waals surface area contributed by atoms with Crippen LogP contribution in [0.2, 0.25) is 0 Å². The molecule has 2 fully saturated rings. The van der Waals surface area contributed by atoms with Gasteiger partial charge in [0.2, 0.25) is 5.91 Å². The first-order valence-electron chi connectivity index (χ1n) is 6.59. The van der Waals surface area contributed by atoms with Gasteiger partial charge < -0.3 is 10.6 Å². The van der Waals surface area contributed by atoms with Crippen LogP contribution in [0, 0.1) is 5.92 Å². The fourth-order valence-electron chi connectivity index (χ4n) is 2.89. The fraction of sp³-hybridized carbons (Fsp3) is 0.917. The number of nitrogens with one attached hydrogen (secondary N) is 2. The maximum atomic E-state index is 12.9.